The minimum atomic E-state index is 0.610. The fourth-order valence-electron chi connectivity index (χ4n) is 1.97. The second-order valence-corrected chi connectivity index (χ2v) is 4.12. The van der Waals surface area contributed by atoms with E-state index in [1.54, 1.807) is 11.8 Å². The molecule has 2 heterocycles. The van der Waals surface area contributed by atoms with Crippen molar-refractivity contribution in [2.45, 2.75) is 13.5 Å². The van der Waals surface area contributed by atoms with E-state index < -0.39 is 0 Å². The summed E-state index contributed by atoms with van der Waals surface area (Å²) < 4.78 is 7.04. The molecule has 2 aromatic heterocycles. The lowest BCUT2D eigenvalue weighted by Crippen LogP contribution is -2.00. The number of methoxy groups -OCH3 is 1. The highest BCUT2D eigenvalue weighted by Crippen LogP contribution is 2.28. The molecule has 0 saturated heterocycles. The van der Waals surface area contributed by atoms with Crippen LogP contribution in [0.15, 0.2) is 30.6 Å². The lowest BCUT2D eigenvalue weighted by atomic mass is 10.3. The van der Waals surface area contributed by atoms with Gasteiger partial charge in [0.05, 0.1) is 12.8 Å². The third-order valence-corrected chi connectivity index (χ3v) is 2.96. The molecule has 0 spiro atoms. The predicted octanol–water partition coefficient (Wildman–Crippen LogP) is 1.99. The fraction of sp³-hybridized carbons (Fsp3) is 0.231. The molecule has 7 heteroatoms. The fourth-order valence-corrected chi connectivity index (χ4v) is 1.97. The Bertz CT molecular complexity index is 739. The number of ether oxygens (including phenoxy) is 1. The molecule has 1 aromatic carbocycles. The summed E-state index contributed by atoms with van der Waals surface area (Å²) in [6.45, 7) is 2.70. The van der Waals surface area contributed by atoms with Crippen LogP contribution < -0.4 is 10.1 Å². The van der Waals surface area contributed by atoms with Crippen molar-refractivity contribution in [3.05, 3.63) is 30.6 Å². The zero-order valence-corrected chi connectivity index (χ0v) is 11.2. The van der Waals surface area contributed by atoms with Crippen LogP contribution in [0.3, 0.4) is 0 Å². The van der Waals surface area contributed by atoms with E-state index in [0.717, 1.165) is 11.4 Å². The quantitative estimate of drug-likeness (QED) is 0.781. The van der Waals surface area contributed by atoms with Gasteiger partial charge in [0, 0.05) is 6.54 Å². The Balaban J connectivity index is 2.05. The van der Waals surface area contributed by atoms with Crippen LogP contribution in [0.25, 0.3) is 11.2 Å². The van der Waals surface area contributed by atoms with Gasteiger partial charge >= 0.3 is 0 Å². The number of hydrogen-bond donors (Lipinski definition) is 1. The van der Waals surface area contributed by atoms with Crippen molar-refractivity contribution in [2.24, 2.45) is 0 Å². The van der Waals surface area contributed by atoms with Gasteiger partial charge in [0.25, 0.3) is 0 Å². The van der Waals surface area contributed by atoms with E-state index in [9.17, 15) is 0 Å². The van der Waals surface area contributed by atoms with E-state index in [2.05, 4.69) is 25.6 Å². The lowest BCUT2D eigenvalue weighted by Gasteiger charge is -2.09. The molecular weight excluding hydrogens is 256 g/mol. The van der Waals surface area contributed by atoms with Gasteiger partial charge < -0.3 is 10.1 Å². The molecular formula is C13H14N6O. The van der Waals surface area contributed by atoms with Gasteiger partial charge in [-0.15, -0.1) is 5.10 Å². The smallest absolute Gasteiger partial charge is 0.183 e. The van der Waals surface area contributed by atoms with Crippen LogP contribution in [-0.4, -0.2) is 32.1 Å². The van der Waals surface area contributed by atoms with E-state index >= 15 is 0 Å². The van der Waals surface area contributed by atoms with Crippen LogP contribution in [0.2, 0.25) is 0 Å². The van der Waals surface area contributed by atoms with E-state index in [1.807, 2.05) is 31.2 Å². The molecule has 0 aliphatic rings. The zero-order valence-electron chi connectivity index (χ0n) is 11.2. The molecule has 0 aliphatic carbocycles. The SMILES string of the molecule is CCn1nnc2c(Nc3ccccc3OC)ncnc21. The Morgan fingerprint density at radius 2 is 2.10 bits per heavy atom. The molecule has 0 aliphatic heterocycles. The first-order chi connectivity index (χ1) is 9.83. The van der Waals surface area contributed by atoms with Crippen LogP contribution in [-0.2, 0) is 6.54 Å². The van der Waals surface area contributed by atoms with Gasteiger partial charge in [0.15, 0.2) is 17.0 Å². The highest BCUT2D eigenvalue weighted by Gasteiger charge is 2.12. The number of hydrogen-bond acceptors (Lipinski definition) is 6. The second-order valence-electron chi connectivity index (χ2n) is 4.12. The van der Waals surface area contributed by atoms with Crippen LogP contribution in [0.4, 0.5) is 11.5 Å². The van der Waals surface area contributed by atoms with Crippen molar-refractivity contribution < 1.29 is 4.74 Å². The molecule has 7 nitrogen and oxygen atoms in total. The van der Waals surface area contributed by atoms with Crippen LogP contribution in [0.5, 0.6) is 5.75 Å². The Kier molecular flexibility index (Phi) is 3.16. The van der Waals surface area contributed by atoms with Gasteiger partial charge in [-0.3, -0.25) is 0 Å². The van der Waals surface area contributed by atoms with E-state index in [0.29, 0.717) is 23.5 Å². The predicted molar refractivity (Wildman–Crippen MR) is 75.1 cm³/mol. The Morgan fingerprint density at radius 1 is 1.25 bits per heavy atom. The number of nitrogens with zero attached hydrogens (tertiary/aromatic N) is 5. The van der Waals surface area contributed by atoms with E-state index in [4.69, 9.17) is 4.74 Å². The summed E-state index contributed by atoms with van der Waals surface area (Å²) in [5.41, 5.74) is 2.17. The lowest BCUT2D eigenvalue weighted by molar-refractivity contribution is 0.417. The maximum absolute atomic E-state index is 5.31. The number of aromatic nitrogens is 5. The molecule has 0 fully saturated rings. The molecule has 0 unspecified atom stereocenters. The third kappa shape index (κ3) is 2.03. The first-order valence-electron chi connectivity index (χ1n) is 6.27. The van der Waals surface area contributed by atoms with Gasteiger partial charge in [-0.1, -0.05) is 17.3 Å². The van der Waals surface area contributed by atoms with Crippen LogP contribution in [0.1, 0.15) is 6.92 Å². The molecule has 102 valence electrons. The minimum Gasteiger partial charge on any atom is -0.495 e. The average Bonchev–Trinajstić information content (AvgIpc) is 2.92. The highest BCUT2D eigenvalue weighted by atomic mass is 16.5. The Labute approximate surface area is 115 Å². The molecule has 1 N–H and O–H groups in total. The third-order valence-electron chi connectivity index (χ3n) is 2.96. The highest BCUT2D eigenvalue weighted by molar-refractivity contribution is 5.85. The average molecular weight is 270 g/mol. The Morgan fingerprint density at radius 3 is 2.90 bits per heavy atom. The van der Waals surface area contributed by atoms with Crippen molar-refractivity contribution in [2.75, 3.05) is 12.4 Å². The van der Waals surface area contributed by atoms with Gasteiger partial charge in [-0.2, -0.15) is 0 Å². The number of aryl methyl sites for hydroxylation is 1. The van der Waals surface area contributed by atoms with Crippen molar-refractivity contribution in [1.29, 1.82) is 0 Å². The zero-order chi connectivity index (χ0) is 13.9. The summed E-state index contributed by atoms with van der Waals surface area (Å²) >= 11 is 0. The largest absolute Gasteiger partial charge is 0.495 e. The van der Waals surface area contributed by atoms with Crippen LogP contribution in [0, 0.1) is 0 Å². The van der Waals surface area contributed by atoms with E-state index in [1.165, 1.54) is 6.33 Å². The van der Waals surface area contributed by atoms with Gasteiger partial charge in [0.1, 0.15) is 12.1 Å². The number of anilines is 2. The molecule has 20 heavy (non-hydrogen) atoms. The molecule has 0 saturated carbocycles. The van der Waals surface area contributed by atoms with Crippen molar-refractivity contribution in [3.63, 3.8) is 0 Å². The molecule has 0 radical (unpaired) electrons. The van der Waals surface area contributed by atoms with Gasteiger partial charge in [-0.25, -0.2) is 14.6 Å². The summed E-state index contributed by atoms with van der Waals surface area (Å²) in [6.07, 6.45) is 1.50. The topological polar surface area (TPSA) is 77.8 Å². The molecule has 0 amide bonds. The summed E-state index contributed by atoms with van der Waals surface area (Å²) in [7, 11) is 1.63. The maximum atomic E-state index is 5.31. The minimum absolute atomic E-state index is 0.610. The Hall–Kier alpha value is -2.70. The maximum Gasteiger partial charge on any atom is 0.183 e. The standard InChI is InChI=1S/C13H14N6O/c1-3-19-13-11(17-18-19)12(14-8-15-13)16-9-6-4-5-7-10(9)20-2/h4-8H,3H2,1-2H3,(H,14,15,16). The molecule has 0 atom stereocenters. The number of benzene rings is 1. The monoisotopic (exact) mass is 270 g/mol. The first-order valence-corrected chi connectivity index (χ1v) is 6.27. The number of rotatable bonds is 4. The first kappa shape index (κ1) is 12.3. The second kappa shape index (κ2) is 5.12. The van der Waals surface area contributed by atoms with Crippen molar-refractivity contribution >= 4 is 22.7 Å². The molecule has 3 rings (SSSR count). The van der Waals surface area contributed by atoms with Crippen molar-refractivity contribution in [3.8, 4) is 5.75 Å². The summed E-state index contributed by atoms with van der Waals surface area (Å²) in [6, 6.07) is 7.62. The molecule has 3 aromatic rings. The number of nitrogens with one attached hydrogen (secondary N) is 1. The normalized spacial score (nSPS) is 10.7. The molecule has 0 bridgehead atoms. The number of fused-ring (bicyclic) bond motifs is 1. The summed E-state index contributed by atoms with van der Waals surface area (Å²) in [5, 5.41) is 11.4. The van der Waals surface area contributed by atoms with Crippen LogP contribution >= 0.6 is 0 Å². The van der Waals surface area contributed by atoms with Gasteiger partial charge in [0.2, 0.25) is 0 Å². The summed E-state index contributed by atoms with van der Waals surface area (Å²) in [4.78, 5) is 8.44. The number of para-hydroxylation sites is 2. The van der Waals surface area contributed by atoms with E-state index in [-0.39, 0.29) is 0 Å². The summed E-state index contributed by atoms with van der Waals surface area (Å²) in [5.74, 6) is 1.35. The van der Waals surface area contributed by atoms with Crippen molar-refractivity contribution in [1.82, 2.24) is 25.0 Å². The van der Waals surface area contributed by atoms with Gasteiger partial charge in [-0.05, 0) is 19.1 Å².